The number of rotatable bonds is 9. The average Bonchev–Trinajstić information content (AvgIpc) is 3.36. The molecule has 4 rings (SSSR count). The van der Waals surface area contributed by atoms with Gasteiger partial charge in [0, 0.05) is 32.1 Å². The van der Waals surface area contributed by atoms with Gasteiger partial charge < -0.3 is 15.4 Å². The van der Waals surface area contributed by atoms with Crippen LogP contribution in [0.2, 0.25) is 5.02 Å². The van der Waals surface area contributed by atoms with Crippen LogP contribution in [0.25, 0.3) is 11.3 Å². The van der Waals surface area contributed by atoms with Crippen molar-refractivity contribution >= 4 is 57.3 Å². The number of carbonyl (C=O) groups is 2. The minimum Gasteiger partial charge on any atom is -0.497 e. The van der Waals surface area contributed by atoms with Crippen molar-refractivity contribution in [3.63, 3.8) is 0 Å². The second-order valence-corrected chi connectivity index (χ2v) is 10.3. The molecule has 0 saturated heterocycles. The fourth-order valence-electron chi connectivity index (χ4n) is 3.37. The lowest BCUT2D eigenvalue weighted by molar-refractivity contribution is -0.115. The van der Waals surface area contributed by atoms with Gasteiger partial charge in [-0.3, -0.25) is 9.59 Å². The molecule has 6 nitrogen and oxygen atoms in total. The summed E-state index contributed by atoms with van der Waals surface area (Å²) >= 11 is 8.78. The van der Waals surface area contributed by atoms with Crippen LogP contribution in [0.1, 0.15) is 23.7 Å². The summed E-state index contributed by atoms with van der Waals surface area (Å²) in [6.45, 7) is 1.96. The van der Waals surface area contributed by atoms with Crippen LogP contribution in [0, 0.1) is 0 Å². The highest BCUT2D eigenvalue weighted by molar-refractivity contribution is 8.00. The molecule has 184 valence electrons. The predicted molar refractivity (Wildman–Crippen MR) is 149 cm³/mol. The Morgan fingerprint density at radius 3 is 2.58 bits per heavy atom. The molecule has 2 N–H and O–H groups in total. The first-order chi connectivity index (χ1) is 17.4. The SMILES string of the molecule is CCC(Sc1cccc(NC(=O)c2cccc(OC)c2)c1)C(=O)Nc1nc(-c2ccc(Cl)cc2)cs1. The summed E-state index contributed by atoms with van der Waals surface area (Å²) in [6, 6.07) is 21.8. The molecule has 0 radical (unpaired) electrons. The lowest BCUT2D eigenvalue weighted by atomic mass is 10.2. The number of amides is 2. The van der Waals surface area contributed by atoms with E-state index in [2.05, 4.69) is 15.6 Å². The number of hydrogen-bond acceptors (Lipinski definition) is 6. The van der Waals surface area contributed by atoms with Gasteiger partial charge in [0.15, 0.2) is 5.13 Å². The number of ether oxygens (including phenoxy) is 1. The molecule has 1 unspecified atom stereocenters. The van der Waals surface area contributed by atoms with E-state index in [0.717, 1.165) is 16.2 Å². The Morgan fingerprint density at radius 2 is 1.83 bits per heavy atom. The number of anilines is 2. The summed E-state index contributed by atoms with van der Waals surface area (Å²) in [7, 11) is 1.56. The third kappa shape index (κ3) is 6.66. The van der Waals surface area contributed by atoms with Crippen LogP contribution in [0.5, 0.6) is 5.75 Å². The molecule has 0 aliphatic carbocycles. The first-order valence-corrected chi connectivity index (χ1v) is 13.3. The maximum Gasteiger partial charge on any atom is 0.255 e. The van der Waals surface area contributed by atoms with E-state index in [-0.39, 0.29) is 17.1 Å². The van der Waals surface area contributed by atoms with E-state index in [1.165, 1.54) is 23.1 Å². The average molecular weight is 538 g/mol. The zero-order chi connectivity index (χ0) is 25.5. The minimum atomic E-state index is -0.322. The van der Waals surface area contributed by atoms with Crippen molar-refractivity contribution in [1.82, 2.24) is 4.98 Å². The highest BCUT2D eigenvalue weighted by Crippen LogP contribution is 2.30. The lowest BCUT2D eigenvalue weighted by Gasteiger charge is -2.14. The number of hydrogen-bond donors (Lipinski definition) is 2. The molecule has 0 aliphatic heterocycles. The smallest absolute Gasteiger partial charge is 0.255 e. The van der Waals surface area contributed by atoms with Crippen molar-refractivity contribution < 1.29 is 14.3 Å². The van der Waals surface area contributed by atoms with Crippen molar-refractivity contribution in [1.29, 1.82) is 0 Å². The van der Waals surface area contributed by atoms with Crippen LogP contribution < -0.4 is 15.4 Å². The maximum absolute atomic E-state index is 13.0. The van der Waals surface area contributed by atoms with Gasteiger partial charge in [-0.15, -0.1) is 23.1 Å². The number of halogens is 1. The summed E-state index contributed by atoms with van der Waals surface area (Å²) in [5.41, 5.74) is 2.87. The Kier molecular flexibility index (Phi) is 8.64. The lowest BCUT2D eigenvalue weighted by Crippen LogP contribution is -2.24. The molecule has 3 aromatic carbocycles. The quantitative estimate of drug-likeness (QED) is 0.220. The van der Waals surface area contributed by atoms with Crippen LogP contribution in [-0.4, -0.2) is 29.2 Å². The molecule has 4 aromatic rings. The number of thioether (sulfide) groups is 1. The van der Waals surface area contributed by atoms with Crippen molar-refractivity contribution in [2.75, 3.05) is 17.7 Å². The number of aromatic nitrogens is 1. The van der Waals surface area contributed by atoms with E-state index in [1.807, 2.05) is 60.8 Å². The molecule has 1 heterocycles. The first-order valence-electron chi connectivity index (χ1n) is 11.2. The molecule has 0 saturated carbocycles. The highest BCUT2D eigenvalue weighted by Gasteiger charge is 2.20. The Hall–Kier alpha value is -3.33. The fraction of sp³-hybridized carbons (Fsp3) is 0.148. The van der Waals surface area contributed by atoms with Gasteiger partial charge >= 0.3 is 0 Å². The third-order valence-electron chi connectivity index (χ3n) is 5.24. The number of nitrogens with zero attached hydrogens (tertiary/aromatic N) is 1. The van der Waals surface area contributed by atoms with Gasteiger partial charge in [-0.25, -0.2) is 4.98 Å². The van der Waals surface area contributed by atoms with Gasteiger partial charge in [-0.05, 0) is 55.0 Å². The number of carbonyl (C=O) groups excluding carboxylic acids is 2. The molecule has 9 heteroatoms. The standard InChI is InChI=1S/C27H24ClN3O3S2/c1-3-24(26(33)31-27-30-23(16-35-27)17-10-12-19(28)13-11-17)36-22-9-5-7-20(15-22)29-25(32)18-6-4-8-21(14-18)34-2/h4-16,24H,3H2,1-2H3,(H,29,32)(H,30,31,33). The van der Waals surface area contributed by atoms with Gasteiger partial charge in [0.2, 0.25) is 5.91 Å². The second-order valence-electron chi connectivity index (χ2n) is 7.76. The van der Waals surface area contributed by atoms with Crippen LogP contribution in [0.15, 0.2) is 83.1 Å². The first kappa shape index (κ1) is 25.8. The molecule has 1 aromatic heterocycles. The normalized spacial score (nSPS) is 11.5. The Bertz CT molecular complexity index is 1360. The van der Waals surface area contributed by atoms with Gasteiger partial charge in [0.25, 0.3) is 5.91 Å². The van der Waals surface area contributed by atoms with Crippen molar-refractivity contribution in [3.8, 4) is 17.0 Å². The topological polar surface area (TPSA) is 80.3 Å². The van der Waals surface area contributed by atoms with E-state index >= 15 is 0 Å². The van der Waals surface area contributed by atoms with Crippen LogP contribution in [0.4, 0.5) is 10.8 Å². The highest BCUT2D eigenvalue weighted by atomic mass is 35.5. The van der Waals surface area contributed by atoms with Crippen molar-refractivity contribution in [2.45, 2.75) is 23.5 Å². The fourth-order valence-corrected chi connectivity index (χ4v) is 5.23. The molecule has 1 atom stereocenters. The van der Waals surface area contributed by atoms with Crippen LogP contribution in [-0.2, 0) is 4.79 Å². The van der Waals surface area contributed by atoms with Gasteiger partial charge in [0.1, 0.15) is 5.75 Å². The molecule has 0 bridgehead atoms. The Labute approximate surface area is 223 Å². The van der Waals surface area contributed by atoms with Gasteiger partial charge in [-0.2, -0.15) is 0 Å². The summed E-state index contributed by atoms with van der Waals surface area (Å²) in [5, 5.41) is 8.63. The second kappa shape index (κ2) is 12.1. The monoisotopic (exact) mass is 537 g/mol. The van der Waals surface area contributed by atoms with E-state index in [4.69, 9.17) is 16.3 Å². The zero-order valence-electron chi connectivity index (χ0n) is 19.7. The predicted octanol–water partition coefficient (Wildman–Crippen LogP) is 7.23. The maximum atomic E-state index is 13.0. The van der Waals surface area contributed by atoms with E-state index in [9.17, 15) is 9.59 Å². The number of benzene rings is 3. The van der Waals surface area contributed by atoms with Crippen molar-refractivity contribution in [3.05, 3.63) is 88.8 Å². The third-order valence-corrected chi connectivity index (χ3v) is 7.61. The summed E-state index contributed by atoms with van der Waals surface area (Å²) in [5.74, 6) is 0.260. The number of thiazole rings is 1. The minimum absolute atomic E-state index is 0.120. The molecule has 0 spiro atoms. The molecular weight excluding hydrogens is 514 g/mol. The molecular formula is C27H24ClN3O3S2. The summed E-state index contributed by atoms with van der Waals surface area (Å²) in [6.07, 6.45) is 0.631. The van der Waals surface area contributed by atoms with E-state index in [1.54, 1.807) is 31.4 Å². The molecule has 2 amide bonds. The van der Waals surface area contributed by atoms with Gasteiger partial charge in [0.05, 0.1) is 18.1 Å². The Balaban J connectivity index is 1.39. The zero-order valence-corrected chi connectivity index (χ0v) is 22.0. The van der Waals surface area contributed by atoms with E-state index < -0.39 is 0 Å². The van der Waals surface area contributed by atoms with E-state index in [0.29, 0.717) is 33.6 Å². The van der Waals surface area contributed by atoms with Crippen molar-refractivity contribution in [2.24, 2.45) is 0 Å². The number of nitrogens with one attached hydrogen (secondary N) is 2. The number of methoxy groups -OCH3 is 1. The molecule has 36 heavy (non-hydrogen) atoms. The largest absolute Gasteiger partial charge is 0.497 e. The van der Waals surface area contributed by atoms with Crippen LogP contribution >= 0.6 is 34.7 Å². The summed E-state index contributed by atoms with van der Waals surface area (Å²) in [4.78, 5) is 31.1. The molecule has 0 aliphatic rings. The summed E-state index contributed by atoms with van der Waals surface area (Å²) < 4.78 is 5.19. The molecule has 0 fully saturated rings. The van der Waals surface area contributed by atoms with Crippen LogP contribution in [0.3, 0.4) is 0 Å². The van der Waals surface area contributed by atoms with Gasteiger partial charge in [-0.1, -0.05) is 42.8 Å². The Morgan fingerprint density at radius 1 is 1.06 bits per heavy atom.